The van der Waals surface area contributed by atoms with Gasteiger partial charge in [0.05, 0.1) is 24.3 Å². The highest BCUT2D eigenvalue weighted by Crippen LogP contribution is 2.57. The molecule has 0 aromatic heterocycles. The molecule has 130 valence electrons. The van der Waals surface area contributed by atoms with E-state index in [-0.39, 0.29) is 23.3 Å². The smallest absolute Gasteiger partial charge is 0.315 e. The average molecular weight is 343 g/mol. The molecular weight excluding hydrogens is 322 g/mol. The Kier molecular flexibility index (Phi) is 3.39. The number of fused-ring (bicyclic) bond motifs is 1. The Bertz CT molecular complexity index is 944. The monoisotopic (exact) mass is 343 g/mol. The highest BCUT2D eigenvalue weighted by Gasteiger charge is 2.53. The number of rotatable bonds is 2. The molecule has 0 amide bonds. The summed E-state index contributed by atoms with van der Waals surface area (Å²) >= 11 is 0. The molecule has 3 atom stereocenters. The summed E-state index contributed by atoms with van der Waals surface area (Å²) in [5.41, 5.74) is 5.92. The van der Waals surface area contributed by atoms with Crippen molar-refractivity contribution in [1.29, 1.82) is 0 Å². The van der Waals surface area contributed by atoms with E-state index in [0.717, 1.165) is 30.5 Å². The minimum Gasteiger partial charge on any atom is -0.468 e. The number of hydrogen-bond donors (Lipinski definition) is 0. The summed E-state index contributed by atoms with van der Waals surface area (Å²) in [6.45, 7) is 0. The van der Waals surface area contributed by atoms with Crippen LogP contribution in [0.5, 0.6) is 0 Å². The first-order chi connectivity index (χ1) is 12.8. The minimum absolute atomic E-state index is 0.196. The standard InChI is InChI=1S/C23H21NO2/c1-26-22(25)18-14-16-10-7-13-23(16)19-12-6-5-11-17(19)20(18)24-21(23)15-8-3-2-4-9-15/h2-6,8-9,11-12,14,18,20H,7,10,13H2,1H3. The number of carbonyl (C=O) groups excluding carboxylic acids is 1. The third-order valence-electron chi connectivity index (χ3n) is 6.20. The lowest BCUT2D eigenvalue weighted by atomic mass is 9.67. The predicted molar refractivity (Wildman–Crippen MR) is 101 cm³/mol. The molecule has 2 aliphatic heterocycles. The van der Waals surface area contributed by atoms with Crippen LogP contribution in [0.2, 0.25) is 0 Å². The Morgan fingerprint density at radius 3 is 2.69 bits per heavy atom. The fourth-order valence-electron chi connectivity index (χ4n) is 5.14. The Hall–Kier alpha value is -2.68. The van der Waals surface area contributed by atoms with Gasteiger partial charge in [0.2, 0.25) is 0 Å². The zero-order valence-corrected chi connectivity index (χ0v) is 14.8. The third kappa shape index (κ3) is 1.94. The highest BCUT2D eigenvalue weighted by atomic mass is 16.5. The molecule has 1 saturated carbocycles. The van der Waals surface area contributed by atoms with E-state index in [0.29, 0.717) is 0 Å². The summed E-state index contributed by atoms with van der Waals surface area (Å²) in [4.78, 5) is 17.8. The Balaban J connectivity index is 1.84. The second kappa shape index (κ2) is 5.66. The van der Waals surface area contributed by atoms with E-state index in [1.807, 2.05) is 6.07 Å². The number of benzene rings is 2. The predicted octanol–water partition coefficient (Wildman–Crippen LogP) is 4.38. The summed E-state index contributed by atoms with van der Waals surface area (Å²) in [5.74, 6) is -0.546. The van der Waals surface area contributed by atoms with Gasteiger partial charge in [0.1, 0.15) is 5.92 Å². The molecule has 0 N–H and O–H groups in total. The van der Waals surface area contributed by atoms with E-state index in [1.165, 1.54) is 23.8 Å². The summed E-state index contributed by atoms with van der Waals surface area (Å²) in [6.07, 6.45) is 5.35. The van der Waals surface area contributed by atoms with Crippen molar-refractivity contribution in [2.45, 2.75) is 30.7 Å². The first-order valence-corrected chi connectivity index (χ1v) is 9.28. The zero-order valence-electron chi connectivity index (χ0n) is 14.8. The molecule has 1 spiro atoms. The minimum atomic E-state index is -0.350. The first kappa shape index (κ1) is 15.6. The van der Waals surface area contributed by atoms with Gasteiger partial charge < -0.3 is 4.74 Å². The molecule has 3 nitrogen and oxygen atoms in total. The van der Waals surface area contributed by atoms with Crippen LogP contribution in [0.15, 0.2) is 71.2 Å². The number of esters is 1. The molecule has 4 aliphatic rings. The maximum absolute atomic E-state index is 12.6. The fraction of sp³-hybridized carbons (Fsp3) is 0.304. The third-order valence-corrected chi connectivity index (χ3v) is 6.20. The molecule has 3 unspecified atom stereocenters. The Morgan fingerprint density at radius 1 is 1.12 bits per heavy atom. The van der Waals surface area contributed by atoms with Crippen molar-refractivity contribution in [3.05, 3.63) is 82.9 Å². The van der Waals surface area contributed by atoms with Crippen LogP contribution >= 0.6 is 0 Å². The van der Waals surface area contributed by atoms with E-state index in [2.05, 4.69) is 54.6 Å². The van der Waals surface area contributed by atoms with E-state index >= 15 is 0 Å². The van der Waals surface area contributed by atoms with Crippen LogP contribution in [0.4, 0.5) is 0 Å². The van der Waals surface area contributed by atoms with Crippen LogP contribution in [0, 0.1) is 5.92 Å². The zero-order chi connectivity index (χ0) is 17.7. The fourth-order valence-corrected chi connectivity index (χ4v) is 5.14. The van der Waals surface area contributed by atoms with Crippen molar-refractivity contribution in [2.75, 3.05) is 7.11 Å². The van der Waals surface area contributed by atoms with Gasteiger partial charge in [0.15, 0.2) is 0 Å². The van der Waals surface area contributed by atoms with Gasteiger partial charge in [-0.2, -0.15) is 0 Å². The van der Waals surface area contributed by atoms with E-state index in [4.69, 9.17) is 9.73 Å². The molecular formula is C23H21NO2. The SMILES string of the molecule is COC(=O)C1C=C2CCCC23C(c2ccccc2)=NC1c1ccccc13. The van der Waals surface area contributed by atoms with Gasteiger partial charge in [0, 0.05) is 0 Å². The molecule has 2 aromatic rings. The van der Waals surface area contributed by atoms with Gasteiger partial charge in [-0.05, 0) is 36.0 Å². The first-order valence-electron chi connectivity index (χ1n) is 9.28. The summed E-state index contributed by atoms with van der Waals surface area (Å²) < 4.78 is 5.15. The molecule has 2 bridgehead atoms. The van der Waals surface area contributed by atoms with Crippen molar-refractivity contribution in [2.24, 2.45) is 10.9 Å². The van der Waals surface area contributed by atoms with Gasteiger partial charge in [-0.15, -0.1) is 0 Å². The lowest BCUT2D eigenvalue weighted by Crippen LogP contribution is -2.39. The number of hydrogen-bond acceptors (Lipinski definition) is 3. The molecule has 26 heavy (non-hydrogen) atoms. The molecule has 3 heteroatoms. The number of aliphatic imine (C=N–C) groups is 1. The number of methoxy groups -OCH3 is 1. The number of allylic oxidation sites excluding steroid dienone is 1. The number of carbonyl (C=O) groups is 1. The molecule has 2 aromatic carbocycles. The second-order valence-corrected chi connectivity index (χ2v) is 7.38. The van der Waals surface area contributed by atoms with Crippen molar-refractivity contribution >= 4 is 11.7 Å². The highest BCUT2D eigenvalue weighted by molar-refractivity contribution is 6.12. The number of nitrogens with zero attached hydrogens (tertiary/aromatic N) is 1. The van der Waals surface area contributed by atoms with Crippen molar-refractivity contribution in [1.82, 2.24) is 0 Å². The Labute approximate surface area is 153 Å². The lowest BCUT2D eigenvalue weighted by Gasteiger charge is -2.38. The van der Waals surface area contributed by atoms with Crippen LogP contribution in [0.3, 0.4) is 0 Å². The quantitative estimate of drug-likeness (QED) is 0.599. The van der Waals surface area contributed by atoms with Crippen LogP contribution in [0.25, 0.3) is 0 Å². The summed E-state index contributed by atoms with van der Waals surface area (Å²) in [5, 5.41) is 0. The Morgan fingerprint density at radius 2 is 1.88 bits per heavy atom. The van der Waals surface area contributed by atoms with Crippen LogP contribution in [0.1, 0.15) is 42.0 Å². The van der Waals surface area contributed by atoms with E-state index in [1.54, 1.807) is 0 Å². The van der Waals surface area contributed by atoms with E-state index < -0.39 is 0 Å². The lowest BCUT2D eigenvalue weighted by molar-refractivity contribution is -0.144. The molecule has 6 rings (SSSR count). The van der Waals surface area contributed by atoms with Crippen molar-refractivity contribution in [3.63, 3.8) is 0 Å². The van der Waals surface area contributed by atoms with Gasteiger partial charge >= 0.3 is 5.97 Å². The molecule has 2 heterocycles. The van der Waals surface area contributed by atoms with Crippen LogP contribution in [-0.2, 0) is 14.9 Å². The second-order valence-electron chi connectivity index (χ2n) is 7.38. The van der Waals surface area contributed by atoms with Crippen molar-refractivity contribution in [3.8, 4) is 0 Å². The maximum atomic E-state index is 12.6. The molecule has 0 radical (unpaired) electrons. The van der Waals surface area contributed by atoms with Gasteiger partial charge in [-0.25, -0.2) is 0 Å². The average Bonchev–Trinajstić information content (AvgIpc) is 3.00. The van der Waals surface area contributed by atoms with Gasteiger partial charge in [-0.1, -0.05) is 66.2 Å². The molecule has 0 saturated heterocycles. The number of ether oxygens (including phenoxy) is 1. The summed E-state index contributed by atoms with van der Waals surface area (Å²) in [7, 11) is 1.47. The topological polar surface area (TPSA) is 38.7 Å². The van der Waals surface area contributed by atoms with Gasteiger partial charge in [0.25, 0.3) is 0 Å². The molecule has 1 fully saturated rings. The largest absolute Gasteiger partial charge is 0.468 e. The van der Waals surface area contributed by atoms with Crippen LogP contribution < -0.4 is 0 Å². The molecule has 2 aliphatic carbocycles. The maximum Gasteiger partial charge on any atom is 0.315 e. The normalized spacial score (nSPS) is 28.5. The van der Waals surface area contributed by atoms with Gasteiger partial charge in [-0.3, -0.25) is 9.79 Å². The van der Waals surface area contributed by atoms with E-state index in [9.17, 15) is 4.79 Å². The van der Waals surface area contributed by atoms with Crippen LogP contribution in [-0.4, -0.2) is 18.8 Å². The summed E-state index contributed by atoms with van der Waals surface area (Å²) in [6, 6.07) is 18.8. The van der Waals surface area contributed by atoms with Crippen molar-refractivity contribution < 1.29 is 9.53 Å².